The van der Waals surface area contributed by atoms with Crippen molar-refractivity contribution in [2.45, 2.75) is 32.3 Å². The van der Waals surface area contributed by atoms with E-state index < -0.39 is 0 Å². The normalized spacial score (nSPS) is 18.1. The highest BCUT2D eigenvalue weighted by atomic mass is 32.1. The molecule has 0 spiro atoms. The lowest BCUT2D eigenvalue weighted by atomic mass is 10.2. The summed E-state index contributed by atoms with van der Waals surface area (Å²) >= 11 is 1.62. The molecule has 0 aliphatic carbocycles. The summed E-state index contributed by atoms with van der Waals surface area (Å²) in [5.74, 6) is 1.29. The van der Waals surface area contributed by atoms with Crippen molar-refractivity contribution in [3.8, 4) is 0 Å². The van der Waals surface area contributed by atoms with E-state index in [0.717, 1.165) is 40.6 Å². The van der Waals surface area contributed by atoms with E-state index in [9.17, 15) is 0 Å². The van der Waals surface area contributed by atoms with Crippen molar-refractivity contribution < 1.29 is 9.26 Å². The van der Waals surface area contributed by atoms with Gasteiger partial charge in [0.25, 0.3) is 5.89 Å². The van der Waals surface area contributed by atoms with Crippen LogP contribution in [0.5, 0.6) is 0 Å². The molecule has 0 amide bonds. The summed E-state index contributed by atoms with van der Waals surface area (Å²) in [4.78, 5) is 8.97. The molecule has 4 rings (SSSR count). The second kappa shape index (κ2) is 5.89. The molecule has 1 atom stereocenters. The average Bonchev–Trinajstić information content (AvgIpc) is 3.28. The van der Waals surface area contributed by atoms with Gasteiger partial charge in [0, 0.05) is 26.6 Å². The number of hydrogen-bond donors (Lipinski definition) is 1. The van der Waals surface area contributed by atoms with Gasteiger partial charge in [-0.25, -0.2) is 9.67 Å². The third-order valence-corrected chi connectivity index (χ3v) is 4.97. The van der Waals surface area contributed by atoms with Crippen LogP contribution < -0.4 is 5.32 Å². The minimum Gasteiger partial charge on any atom is -0.368 e. The largest absolute Gasteiger partial charge is 0.368 e. The Bertz CT molecular complexity index is 782. The van der Waals surface area contributed by atoms with Crippen molar-refractivity contribution in [3.05, 3.63) is 17.4 Å². The Labute approximate surface area is 136 Å². The van der Waals surface area contributed by atoms with Gasteiger partial charge in [-0.3, -0.25) is 0 Å². The Morgan fingerprint density at radius 3 is 3.09 bits per heavy atom. The van der Waals surface area contributed by atoms with Crippen LogP contribution >= 0.6 is 11.3 Å². The second-order valence-electron chi connectivity index (χ2n) is 5.61. The zero-order valence-electron chi connectivity index (χ0n) is 13.1. The zero-order valence-corrected chi connectivity index (χ0v) is 13.9. The van der Waals surface area contributed by atoms with E-state index in [1.165, 1.54) is 0 Å². The van der Waals surface area contributed by atoms with Crippen molar-refractivity contribution in [2.75, 3.05) is 18.5 Å². The van der Waals surface area contributed by atoms with Gasteiger partial charge in [0.1, 0.15) is 6.10 Å². The van der Waals surface area contributed by atoms with E-state index >= 15 is 0 Å². The zero-order chi connectivity index (χ0) is 15.8. The lowest BCUT2D eigenvalue weighted by Crippen LogP contribution is -2.06. The van der Waals surface area contributed by atoms with Gasteiger partial charge >= 0.3 is 0 Å². The maximum absolute atomic E-state index is 5.54. The molecule has 1 fully saturated rings. The number of aromatic nitrogens is 5. The van der Waals surface area contributed by atoms with Crippen LogP contribution in [0.15, 0.2) is 4.52 Å². The molecule has 9 heteroatoms. The highest BCUT2D eigenvalue weighted by Crippen LogP contribution is 2.28. The highest BCUT2D eigenvalue weighted by Gasteiger charge is 2.23. The second-order valence-corrected chi connectivity index (χ2v) is 6.61. The molecule has 1 aliphatic heterocycles. The number of rotatable bonds is 5. The van der Waals surface area contributed by atoms with Crippen LogP contribution in [0.2, 0.25) is 0 Å². The third kappa shape index (κ3) is 2.81. The summed E-state index contributed by atoms with van der Waals surface area (Å²) in [5.41, 5.74) is 1.92. The molecule has 1 aliphatic rings. The lowest BCUT2D eigenvalue weighted by molar-refractivity contribution is 0.0835. The molecule has 1 N–H and O–H groups in total. The Morgan fingerprint density at radius 2 is 2.30 bits per heavy atom. The van der Waals surface area contributed by atoms with Gasteiger partial charge in [-0.05, 0) is 19.8 Å². The van der Waals surface area contributed by atoms with Crippen molar-refractivity contribution >= 4 is 26.8 Å². The molecule has 1 saturated heterocycles. The molecule has 0 radical (unpaired) electrons. The maximum atomic E-state index is 5.54. The fraction of sp³-hybridized carbons (Fsp3) is 0.571. The molecular weight excluding hydrogens is 316 g/mol. The fourth-order valence-electron chi connectivity index (χ4n) is 2.71. The number of hydrogen-bond acceptors (Lipinski definition) is 8. The minimum absolute atomic E-state index is 0.0241. The lowest BCUT2D eigenvalue weighted by Gasteiger charge is -2.01. The van der Waals surface area contributed by atoms with E-state index in [1.54, 1.807) is 16.0 Å². The smallest absolute Gasteiger partial charge is 0.255 e. The molecule has 8 nitrogen and oxygen atoms in total. The first-order chi connectivity index (χ1) is 11.2. The molecule has 0 aromatic carbocycles. The summed E-state index contributed by atoms with van der Waals surface area (Å²) in [6.07, 6.45) is 2.67. The van der Waals surface area contributed by atoms with Crippen LogP contribution in [0.3, 0.4) is 0 Å². The molecule has 23 heavy (non-hydrogen) atoms. The van der Waals surface area contributed by atoms with Crippen molar-refractivity contribution in [1.29, 1.82) is 0 Å². The monoisotopic (exact) mass is 334 g/mol. The molecule has 0 saturated carbocycles. The first-order valence-electron chi connectivity index (χ1n) is 7.69. The Balaban J connectivity index is 1.36. The number of thiazole rings is 1. The first kappa shape index (κ1) is 14.6. The SMILES string of the molecule is Cc1nn(C)c2nc(NCCc3noc(C4CCCO4)n3)sc12. The fourth-order valence-corrected chi connectivity index (χ4v) is 3.67. The molecule has 3 aromatic heterocycles. The molecule has 122 valence electrons. The number of anilines is 1. The summed E-state index contributed by atoms with van der Waals surface area (Å²) in [7, 11) is 1.91. The van der Waals surface area contributed by atoms with Crippen LogP contribution in [0.25, 0.3) is 10.3 Å². The number of ether oxygens (including phenoxy) is 1. The number of nitrogens with one attached hydrogen (secondary N) is 1. The molecule has 3 aromatic rings. The number of fused-ring (bicyclic) bond motifs is 1. The Kier molecular flexibility index (Phi) is 3.74. The topological polar surface area (TPSA) is 90.9 Å². The Morgan fingerprint density at radius 1 is 1.39 bits per heavy atom. The van der Waals surface area contributed by atoms with Gasteiger partial charge in [0.15, 0.2) is 16.6 Å². The van der Waals surface area contributed by atoms with Crippen LogP contribution in [-0.4, -0.2) is 38.1 Å². The standard InChI is InChI=1S/C14H18N6O2S/c1-8-11-12(20(2)18-8)17-14(23-11)15-6-5-10-16-13(22-19-10)9-4-3-7-21-9/h9H,3-7H2,1-2H3,(H,15,17). The average molecular weight is 334 g/mol. The third-order valence-electron chi connectivity index (χ3n) is 3.86. The van der Waals surface area contributed by atoms with Gasteiger partial charge in [-0.1, -0.05) is 16.5 Å². The van der Waals surface area contributed by atoms with E-state index in [1.807, 2.05) is 14.0 Å². The minimum atomic E-state index is -0.0241. The van der Waals surface area contributed by atoms with Crippen LogP contribution in [0, 0.1) is 6.92 Å². The van der Waals surface area contributed by atoms with Crippen LogP contribution in [-0.2, 0) is 18.2 Å². The molecular formula is C14H18N6O2S. The Hall–Kier alpha value is -2.00. The van der Waals surface area contributed by atoms with Crippen molar-refractivity contribution in [2.24, 2.45) is 7.05 Å². The first-order valence-corrected chi connectivity index (χ1v) is 8.50. The van der Waals surface area contributed by atoms with Gasteiger partial charge in [0.05, 0.1) is 10.4 Å². The number of aryl methyl sites for hydroxylation is 2. The van der Waals surface area contributed by atoms with Gasteiger partial charge in [0.2, 0.25) is 0 Å². The van der Waals surface area contributed by atoms with Crippen molar-refractivity contribution in [3.63, 3.8) is 0 Å². The van der Waals surface area contributed by atoms with E-state index in [-0.39, 0.29) is 6.10 Å². The summed E-state index contributed by atoms with van der Waals surface area (Å²) < 4.78 is 13.8. The van der Waals surface area contributed by atoms with Gasteiger partial charge in [-0.15, -0.1) is 0 Å². The quantitative estimate of drug-likeness (QED) is 0.765. The molecule has 4 heterocycles. The summed E-state index contributed by atoms with van der Waals surface area (Å²) in [5, 5.41) is 12.6. The van der Waals surface area contributed by atoms with E-state index in [2.05, 4.69) is 25.5 Å². The predicted octanol–water partition coefficient (Wildman–Crippen LogP) is 2.23. The van der Waals surface area contributed by atoms with Crippen LogP contribution in [0.1, 0.15) is 36.4 Å². The van der Waals surface area contributed by atoms with E-state index in [4.69, 9.17) is 9.26 Å². The molecule has 1 unspecified atom stereocenters. The van der Waals surface area contributed by atoms with Gasteiger partial charge in [-0.2, -0.15) is 10.1 Å². The predicted molar refractivity (Wildman–Crippen MR) is 85.5 cm³/mol. The molecule has 0 bridgehead atoms. The summed E-state index contributed by atoms with van der Waals surface area (Å²) in [6.45, 7) is 3.48. The van der Waals surface area contributed by atoms with Crippen LogP contribution in [0.4, 0.5) is 5.13 Å². The van der Waals surface area contributed by atoms with Gasteiger partial charge < -0.3 is 14.6 Å². The summed E-state index contributed by atoms with van der Waals surface area (Å²) in [6, 6.07) is 0. The maximum Gasteiger partial charge on any atom is 0.255 e. The van der Waals surface area contributed by atoms with E-state index in [0.29, 0.717) is 24.7 Å². The number of nitrogens with zero attached hydrogens (tertiary/aromatic N) is 5. The van der Waals surface area contributed by atoms with Crippen molar-refractivity contribution in [1.82, 2.24) is 24.9 Å². The highest BCUT2D eigenvalue weighted by molar-refractivity contribution is 7.22.